The fourth-order valence-electron chi connectivity index (χ4n) is 13.3. The molecule has 6 aliphatic rings. The summed E-state index contributed by atoms with van der Waals surface area (Å²) < 4.78 is 23.6. The standard InChI is InChI=1S/C43H68O14/c1-10-21(2)36(53)57-34-33(50)43(20-54-22(3)45)24(17-38(34,4)5)23-11-12-26-39(6)15-14-28(55-37-31(49)29(47)30(48)32(56-37)35(51)52)40(7,19-44)25(39)13-16-41(26,8)42(23,9)18-27(43)46/h11,21,24-34,37,44,46-50H,10,12-20H2,1-9H3,(H,51,52)/t21-,24-,25+,26+,27-,28-,29-,30-,31+,32-,33-,34-,37+,39-,40-,41+,42+,43-/m0/s1. The van der Waals surface area contributed by atoms with Crippen LogP contribution in [-0.2, 0) is 33.3 Å². The van der Waals surface area contributed by atoms with Crippen LogP contribution in [0.5, 0.6) is 0 Å². The molecule has 57 heavy (non-hydrogen) atoms. The topological polar surface area (TPSA) is 230 Å². The van der Waals surface area contributed by atoms with Gasteiger partial charge in [-0.25, -0.2) is 4.79 Å². The zero-order chi connectivity index (χ0) is 42.4. The first-order valence-electron chi connectivity index (χ1n) is 21.0. The molecule has 0 spiro atoms. The molecule has 18 atom stereocenters. The van der Waals surface area contributed by atoms with E-state index in [9.17, 15) is 50.1 Å². The normalized spacial score (nSPS) is 49.5. The largest absolute Gasteiger partial charge is 0.479 e. The number of carbonyl (C=O) groups excluding carboxylic acids is 2. The maximum Gasteiger partial charge on any atom is 0.335 e. The number of aliphatic hydroxyl groups excluding tert-OH is 6. The van der Waals surface area contributed by atoms with E-state index in [2.05, 4.69) is 26.8 Å². The first-order valence-corrected chi connectivity index (χ1v) is 21.0. The van der Waals surface area contributed by atoms with E-state index >= 15 is 0 Å². The highest BCUT2D eigenvalue weighted by molar-refractivity contribution is 5.73. The van der Waals surface area contributed by atoms with Gasteiger partial charge in [0.05, 0.1) is 30.1 Å². The predicted molar refractivity (Wildman–Crippen MR) is 204 cm³/mol. The fourth-order valence-corrected chi connectivity index (χ4v) is 13.3. The summed E-state index contributed by atoms with van der Waals surface area (Å²) >= 11 is 0. The number of hydrogen-bond donors (Lipinski definition) is 7. The molecular formula is C43H68O14. The molecule has 0 aromatic heterocycles. The van der Waals surface area contributed by atoms with Crippen molar-refractivity contribution >= 4 is 17.9 Å². The van der Waals surface area contributed by atoms with Crippen LogP contribution in [0, 0.1) is 56.2 Å². The van der Waals surface area contributed by atoms with Gasteiger partial charge in [0.15, 0.2) is 12.4 Å². The third-order valence-electron chi connectivity index (χ3n) is 17.1. The van der Waals surface area contributed by atoms with Crippen LogP contribution in [0.15, 0.2) is 11.6 Å². The molecule has 0 amide bonds. The number of carbonyl (C=O) groups is 3. The number of rotatable bonds is 9. The molecule has 324 valence electrons. The molecule has 0 aromatic rings. The van der Waals surface area contributed by atoms with Gasteiger partial charge in [0.1, 0.15) is 37.1 Å². The number of carboxylic acids is 1. The van der Waals surface area contributed by atoms with Crippen molar-refractivity contribution < 1.29 is 69.1 Å². The van der Waals surface area contributed by atoms with Gasteiger partial charge in [-0.3, -0.25) is 9.59 Å². The van der Waals surface area contributed by atoms with Crippen molar-refractivity contribution in [3.05, 3.63) is 11.6 Å². The van der Waals surface area contributed by atoms with Gasteiger partial charge in [-0.2, -0.15) is 0 Å². The summed E-state index contributed by atoms with van der Waals surface area (Å²) in [5.74, 6) is -3.21. The number of ether oxygens (including phenoxy) is 4. The Morgan fingerprint density at radius 1 is 0.930 bits per heavy atom. The smallest absolute Gasteiger partial charge is 0.335 e. The lowest BCUT2D eigenvalue weighted by atomic mass is 9.33. The average Bonchev–Trinajstić information content (AvgIpc) is 3.13. The van der Waals surface area contributed by atoms with Gasteiger partial charge in [-0.05, 0) is 85.4 Å². The van der Waals surface area contributed by atoms with E-state index in [1.54, 1.807) is 6.92 Å². The Balaban J connectivity index is 1.35. The quantitative estimate of drug-likeness (QED) is 0.101. The number of esters is 2. The SMILES string of the molecule is CC[C@H](C)C(=O)O[C@H]1[C@H](O)[C@]2(COC(C)=O)[C@@H](O)C[C@]3(C)C(=CC[C@@H]4[C@@]5(C)CC[C@H](O[C@@H]6O[C@H](C(=O)O)[C@@H](O)[C@H](O)[C@H]6O)[C@@](C)(CO)[C@@H]5CC[C@]43C)[C@@H]2CC1(C)C. The monoisotopic (exact) mass is 808 g/mol. The van der Waals surface area contributed by atoms with Gasteiger partial charge in [0.2, 0.25) is 0 Å². The molecule has 1 heterocycles. The molecule has 5 aliphatic carbocycles. The second-order valence-corrected chi connectivity index (χ2v) is 20.3. The Labute approximate surface area is 336 Å². The molecular weight excluding hydrogens is 740 g/mol. The van der Waals surface area contributed by atoms with Crippen LogP contribution in [0.4, 0.5) is 0 Å². The van der Waals surface area contributed by atoms with Gasteiger partial charge in [0.25, 0.3) is 0 Å². The second kappa shape index (κ2) is 15.1. The summed E-state index contributed by atoms with van der Waals surface area (Å²) in [6, 6.07) is 0. The van der Waals surface area contributed by atoms with Crippen molar-refractivity contribution in [1.82, 2.24) is 0 Å². The summed E-state index contributed by atoms with van der Waals surface area (Å²) in [5.41, 5.74) is -2.98. The highest BCUT2D eigenvalue weighted by atomic mass is 16.7. The van der Waals surface area contributed by atoms with Gasteiger partial charge in [0, 0.05) is 17.8 Å². The number of allylic oxidation sites excluding steroid dienone is 2. The number of hydrogen-bond acceptors (Lipinski definition) is 13. The summed E-state index contributed by atoms with van der Waals surface area (Å²) in [6.45, 7) is 17.2. The summed E-state index contributed by atoms with van der Waals surface area (Å²) in [4.78, 5) is 37.4. The zero-order valence-corrected chi connectivity index (χ0v) is 35.1. The number of carboxylic acid groups (broad SMARTS) is 1. The molecule has 4 saturated carbocycles. The van der Waals surface area contributed by atoms with Crippen LogP contribution in [0.2, 0.25) is 0 Å². The van der Waals surface area contributed by atoms with E-state index in [0.29, 0.717) is 38.5 Å². The predicted octanol–water partition coefficient (Wildman–Crippen LogP) is 3.11. The van der Waals surface area contributed by atoms with Crippen molar-refractivity contribution in [2.24, 2.45) is 56.2 Å². The third-order valence-corrected chi connectivity index (χ3v) is 17.1. The molecule has 0 aromatic carbocycles. The van der Waals surface area contributed by atoms with Gasteiger partial charge in [-0.15, -0.1) is 0 Å². The minimum absolute atomic E-state index is 0.0788. The lowest BCUT2D eigenvalue weighted by Gasteiger charge is -2.72. The lowest BCUT2D eigenvalue weighted by Crippen LogP contribution is -2.72. The van der Waals surface area contributed by atoms with Crippen molar-refractivity contribution in [2.45, 2.75) is 169 Å². The number of aliphatic carboxylic acids is 1. The first kappa shape index (κ1) is 44.4. The van der Waals surface area contributed by atoms with Crippen LogP contribution in [0.25, 0.3) is 0 Å². The second-order valence-electron chi connectivity index (χ2n) is 20.3. The third kappa shape index (κ3) is 6.53. The first-order chi connectivity index (χ1) is 26.4. The van der Waals surface area contributed by atoms with E-state index in [4.69, 9.17) is 18.9 Å². The van der Waals surface area contributed by atoms with E-state index in [-0.39, 0.29) is 48.2 Å². The highest BCUT2D eigenvalue weighted by Crippen LogP contribution is 2.76. The molecule has 14 heteroatoms. The molecule has 0 bridgehead atoms. The van der Waals surface area contributed by atoms with Gasteiger partial charge < -0.3 is 54.7 Å². The van der Waals surface area contributed by atoms with E-state index in [0.717, 1.165) is 12.0 Å². The van der Waals surface area contributed by atoms with Crippen LogP contribution in [0.3, 0.4) is 0 Å². The summed E-state index contributed by atoms with van der Waals surface area (Å²) in [7, 11) is 0. The van der Waals surface area contributed by atoms with Gasteiger partial charge in [-0.1, -0.05) is 67.0 Å². The summed E-state index contributed by atoms with van der Waals surface area (Å²) in [6.07, 6.45) is -5.89. The highest BCUT2D eigenvalue weighted by Gasteiger charge is 2.73. The molecule has 6 rings (SSSR count). The number of fused-ring (bicyclic) bond motifs is 7. The Morgan fingerprint density at radius 3 is 2.19 bits per heavy atom. The molecule has 1 saturated heterocycles. The zero-order valence-electron chi connectivity index (χ0n) is 35.1. The van der Waals surface area contributed by atoms with Crippen molar-refractivity contribution in [3.8, 4) is 0 Å². The minimum Gasteiger partial charge on any atom is -0.479 e. The molecule has 1 aliphatic heterocycles. The van der Waals surface area contributed by atoms with Crippen molar-refractivity contribution in [3.63, 3.8) is 0 Å². The van der Waals surface area contributed by atoms with Crippen LogP contribution in [0.1, 0.15) is 114 Å². The van der Waals surface area contributed by atoms with Crippen molar-refractivity contribution in [1.29, 1.82) is 0 Å². The van der Waals surface area contributed by atoms with Crippen LogP contribution in [-0.4, -0.2) is 122 Å². The van der Waals surface area contributed by atoms with E-state index in [1.807, 2.05) is 27.7 Å². The van der Waals surface area contributed by atoms with E-state index < -0.39 is 101 Å². The molecule has 0 unspecified atom stereocenters. The average molecular weight is 809 g/mol. The summed E-state index contributed by atoms with van der Waals surface area (Å²) in [5, 5.41) is 77.3. The molecule has 14 nitrogen and oxygen atoms in total. The molecule has 7 N–H and O–H groups in total. The minimum atomic E-state index is -1.85. The molecule has 0 radical (unpaired) electrons. The molecule has 5 fully saturated rings. The lowest BCUT2D eigenvalue weighted by molar-refractivity contribution is -0.328. The maximum absolute atomic E-state index is 13.2. The van der Waals surface area contributed by atoms with Crippen molar-refractivity contribution in [2.75, 3.05) is 13.2 Å². The van der Waals surface area contributed by atoms with Crippen LogP contribution >= 0.6 is 0 Å². The maximum atomic E-state index is 13.2. The van der Waals surface area contributed by atoms with E-state index in [1.165, 1.54) is 6.92 Å². The Bertz CT molecular complexity index is 1600. The Kier molecular flexibility index (Phi) is 11.7. The van der Waals surface area contributed by atoms with Crippen LogP contribution < -0.4 is 0 Å². The Hall–Kier alpha value is -2.17. The fraction of sp³-hybridized carbons (Fsp3) is 0.884. The number of aliphatic hydroxyl groups is 6. The van der Waals surface area contributed by atoms with Gasteiger partial charge >= 0.3 is 17.9 Å². The Morgan fingerprint density at radius 2 is 1.60 bits per heavy atom.